The molecule has 0 spiro atoms. The van der Waals surface area contributed by atoms with Crippen molar-refractivity contribution in [3.8, 4) is 0 Å². The third-order valence-corrected chi connectivity index (χ3v) is 3.32. The van der Waals surface area contributed by atoms with Crippen molar-refractivity contribution in [3.63, 3.8) is 0 Å². The van der Waals surface area contributed by atoms with Crippen molar-refractivity contribution in [2.24, 2.45) is 11.1 Å². The van der Waals surface area contributed by atoms with Crippen LogP contribution in [0.4, 0.5) is 0 Å². The van der Waals surface area contributed by atoms with E-state index in [1.165, 1.54) is 25.7 Å². The molecule has 0 aromatic carbocycles. The molecular formula is C14H30N2O. The molecule has 0 saturated carbocycles. The zero-order valence-corrected chi connectivity index (χ0v) is 12.0. The molecule has 102 valence electrons. The number of nitrogens with two attached hydrogens (primary N) is 1. The Morgan fingerprint density at radius 3 is 2.47 bits per heavy atom. The molecule has 0 fully saturated rings. The Balaban J connectivity index is 3.57. The summed E-state index contributed by atoms with van der Waals surface area (Å²) in [6.45, 7) is 9.03. The van der Waals surface area contributed by atoms with Gasteiger partial charge in [-0.05, 0) is 19.8 Å². The molecular weight excluding hydrogens is 212 g/mol. The van der Waals surface area contributed by atoms with Crippen molar-refractivity contribution in [2.75, 3.05) is 6.61 Å². The summed E-state index contributed by atoms with van der Waals surface area (Å²) in [6, 6.07) is 0. The fourth-order valence-corrected chi connectivity index (χ4v) is 1.59. The fourth-order valence-electron chi connectivity index (χ4n) is 1.59. The summed E-state index contributed by atoms with van der Waals surface area (Å²) in [5.41, 5.74) is 5.29. The normalized spacial score (nSPS) is 13.6. The average molecular weight is 242 g/mol. The van der Waals surface area contributed by atoms with Gasteiger partial charge in [0, 0.05) is 12.0 Å². The summed E-state index contributed by atoms with van der Waals surface area (Å²) >= 11 is 0. The number of rotatable bonds is 10. The van der Waals surface area contributed by atoms with E-state index in [1.54, 1.807) is 0 Å². The van der Waals surface area contributed by atoms with Crippen LogP contribution in [0.5, 0.6) is 0 Å². The minimum atomic E-state index is -0.234. The van der Waals surface area contributed by atoms with E-state index in [0.29, 0.717) is 12.7 Å². The van der Waals surface area contributed by atoms with E-state index in [-0.39, 0.29) is 11.3 Å². The maximum Gasteiger partial charge on any atom is 0.0963 e. The maximum atomic E-state index is 7.46. The van der Waals surface area contributed by atoms with Gasteiger partial charge in [-0.2, -0.15) is 0 Å². The topological polar surface area (TPSA) is 59.1 Å². The van der Waals surface area contributed by atoms with Crippen molar-refractivity contribution >= 4 is 5.84 Å². The van der Waals surface area contributed by atoms with Gasteiger partial charge in [0.1, 0.15) is 0 Å². The molecule has 1 unspecified atom stereocenters. The van der Waals surface area contributed by atoms with E-state index >= 15 is 0 Å². The van der Waals surface area contributed by atoms with Crippen LogP contribution in [0.2, 0.25) is 0 Å². The smallest absolute Gasteiger partial charge is 0.0963 e. The minimum Gasteiger partial charge on any atom is -0.387 e. The molecule has 0 aromatic heterocycles. The monoisotopic (exact) mass is 242 g/mol. The van der Waals surface area contributed by atoms with Crippen LogP contribution < -0.4 is 5.73 Å². The highest BCUT2D eigenvalue weighted by Crippen LogP contribution is 2.20. The molecule has 3 nitrogen and oxygen atoms in total. The Morgan fingerprint density at radius 1 is 1.29 bits per heavy atom. The van der Waals surface area contributed by atoms with Crippen LogP contribution in [0.1, 0.15) is 66.2 Å². The number of amidine groups is 1. The lowest BCUT2D eigenvalue weighted by atomic mass is 9.88. The van der Waals surface area contributed by atoms with Gasteiger partial charge in [-0.15, -0.1) is 0 Å². The van der Waals surface area contributed by atoms with E-state index in [4.69, 9.17) is 15.9 Å². The van der Waals surface area contributed by atoms with E-state index in [2.05, 4.69) is 13.8 Å². The van der Waals surface area contributed by atoms with Crippen LogP contribution in [0.15, 0.2) is 0 Å². The molecule has 0 aliphatic carbocycles. The van der Waals surface area contributed by atoms with Crippen molar-refractivity contribution < 1.29 is 4.74 Å². The lowest BCUT2D eigenvalue weighted by Gasteiger charge is -2.23. The minimum absolute atomic E-state index is 0.234. The number of ether oxygens (including phenoxy) is 1. The summed E-state index contributed by atoms with van der Waals surface area (Å²) in [5, 5.41) is 7.46. The first kappa shape index (κ1) is 16.4. The van der Waals surface area contributed by atoms with Gasteiger partial charge >= 0.3 is 0 Å². The standard InChI is InChI=1S/C14H30N2O/c1-5-6-7-8-9-12(2)17-11-10-14(3,4)13(15)16/h12H,5-11H2,1-4H3,(H3,15,16). The third-order valence-electron chi connectivity index (χ3n) is 3.32. The first-order chi connectivity index (χ1) is 7.90. The molecule has 1 atom stereocenters. The molecule has 3 N–H and O–H groups in total. The summed E-state index contributed by atoms with van der Waals surface area (Å²) in [7, 11) is 0. The molecule has 0 rings (SSSR count). The van der Waals surface area contributed by atoms with Crippen LogP contribution >= 0.6 is 0 Å². The van der Waals surface area contributed by atoms with E-state index in [0.717, 1.165) is 12.8 Å². The van der Waals surface area contributed by atoms with Crippen molar-refractivity contribution in [1.29, 1.82) is 5.41 Å². The van der Waals surface area contributed by atoms with Gasteiger partial charge in [-0.25, -0.2) is 0 Å². The van der Waals surface area contributed by atoms with Crippen LogP contribution in [0.3, 0.4) is 0 Å². The summed E-state index contributed by atoms with van der Waals surface area (Å²) in [6.07, 6.45) is 7.46. The third kappa shape index (κ3) is 8.19. The molecule has 0 aliphatic heterocycles. The van der Waals surface area contributed by atoms with Gasteiger partial charge in [0.15, 0.2) is 0 Å². The Labute approximate surface area is 107 Å². The molecule has 17 heavy (non-hydrogen) atoms. The van der Waals surface area contributed by atoms with Gasteiger partial charge < -0.3 is 10.5 Å². The Bertz CT molecular complexity index is 214. The molecule has 3 heteroatoms. The lowest BCUT2D eigenvalue weighted by molar-refractivity contribution is 0.0473. The summed E-state index contributed by atoms with van der Waals surface area (Å²) in [4.78, 5) is 0. The predicted octanol–water partition coefficient (Wildman–Crippen LogP) is 3.71. The van der Waals surface area contributed by atoms with E-state index in [1.807, 2.05) is 13.8 Å². The van der Waals surface area contributed by atoms with Crippen LogP contribution in [0.25, 0.3) is 0 Å². The number of hydrogen-bond acceptors (Lipinski definition) is 2. The molecule has 0 bridgehead atoms. The SMILES string of the molecule is CCCCCCC(C)OCCC(C)(C)C(=N)N. The number of unbranched alkanes of at least 4 members (excludes halogenated alkanes) is 3. The first-order valence-corrected chi connectivity index (χ1v) is 6.86. The summed E-state index contributed by atoms with van der Waals surface area (Å²) < 4.78 is 5.76. The van der Waals surface area contributed by atoms with Gasteiger partial charge in [0.2, 0.25) is 0 Å². The zero-order chi connectivity index (χ0) is 13.3. The van der Waals surface area contributed by atoms with E-state index < -0.39 is 0 Å². The summed E-state index contributed by atoms with van der Waals surface area (Å²) in [5.74, 6) is 0.247. The van der Waals surface area contributed by atoms with Crippen molar-refractivity contribution in [3.05, 3.63) is 0 Å². The van der Waals surface area contributed by atoms with Gasteiger partial charge in [-0.1, -0.05) is 46.5 Å². The fraction of sp³-hybridized carbons (Fsp3) is 0.929. The molecule has 0 heterocycles. The number of nitrogens with one attached hydrogen (secondary N) is 1. The lowest BCUT2D eigenvalue weighted by Crippen LogP contribution is -2.32. The largest absolute Gasteiger partial charge is 0.387 e. The van der Waals surface area contributed by atoms with Gasteiger partial charge in [0.25, 0.3) is 0 Å². The Kier molecular flexibility index (Phi) is 8.23. The van der Waals surface area contributed by atoms with Gasteiger partial charge in [-0.3, -0.25) is 5.41 Å². The van der Waals surface area contributed by atoms with Crippen molar-refractivity contribution in [1.82, 2.24) is 0 Å². The number of hydrogen-bond donors (Lipinski definition) is 2. The highest BCUT2D eigenvalue weighted by Gasteiger charge is 2.21. The highest BCUT2D eigenvalue weighted by atomic mass is 16.5. The molecule has 0 amide bonds. The quantitative estimate of drug-likeness (QED) is 0.348. The Morgan fingerprint density at radius 2 is 1.94 bits per heavy atom. The molecule has 0 aliphatic rings. The predicted molar refractivity (Wildman–Crippen MR) is 74.5 cm³/mol. The first-order valence-electron chi connectivity index (χ1n) is 6.86. The highest BCUT2D eigenvalue weighted by molar-refractivity contribution is 5.82. The van der Waals surface area contributed by atoms with Crippen molar-refractivity contribution in [2.45, 2.75) is 72.3 Å². The molecule has 0 saturated heterocycles. The maximum absolute atomic E-state index is 7.46. The second-order valence-corrected chi connectivity index (χ2v) is 5.58. The van der Waals surface area contributed by atoms with E-state index in [9.17, 15) is 0 Å². The van der Waals surface area contributed by atoms with Crippen LogP contribution in [0, 0.1) is 10.8 Å². The van der Waals surface area contributed by atoms with Crippen LogP contribution in [-0.4, -0.2) is 18.5 Å². The molecule has 0 radical (unpaired) electrons. The zero-order valence-electron chi connectivity index (χ0n) is 12.0. The Hall–Kier alpha value is -0.570. The second-order valence-electron chi connectivity index (χ2n) is 5.58. The second kappa shape index (κ2) is 8.51. The molecule has 0 aromatic rings. The van der Waals surface area contributed by atoms with Gasteiger partial charge in [0.05, 0.1) is 11.9 Å². The van der Waals surface area contributed by atoms with Crippen LogP contribution in [-0.2, 0) is 4.74 Å². The average Bonchev–Trinajstić information content (AvgIpc) is 2.24.